The third kappa shape index (κ3) is 3.35. The van der Waals surface area contributed by atoms with Crippen LogP contribution < -0.4 is 5.32 Å². The number of rotatable bonds is 5. The van der Waals surface area contributed by atoms with Gasteiger partial charge in [0.1, 0.15) is 5.82 Å². The van der Waals surface area contributed by atoms with E-state index in [2.05, 4.69) is 10.3 Å². The first-order valence-corrected chi connectivity index (χ1v) is 6.51. The van der Waals surface area contributed by atoms with Crippen molar-refractivity contribution < 1.29 is 9.50 Å². The smallest absolute Gasteiger partial charge is 0.128 e. The lowest BCUT2D eigenvalue weighted by atomic mass is 10.1. The minimum Gasteiger partial charge on any atom is -0.392 e. The minimum absolute atomic E-state index is 0.270. The summed E-state index contributed by atoms with van der Waals surface area (Å²) in [5.41, 5.74) is 1.30. The van der Waals surface area contributed by atoms with Crippen molar-refractivity contribution >= 4 is 11.3 Å². The van der Waals surface area contributed by atoms with Crippen LogP contribution in [-0.2, 0) is 19.7 Å². The van der Waals surface area contributed by atoms with Gasteiger partial charge in [-0.05, 0) is 24.6 Å². The summed E-state index contributed by atoms with van der Waals surface area (Å²) >= 11 is 1.66. The van der Waals surface area contributed by atoms with E-state index in [1.165, 1.54) is 10.9 Å². The second-order valence-corrected chi connectivity index (χ2v) is 5.35. The first kappa shape index (κ1) is 13.1. The topological polar surface area (TPSA) is 45.2 Å². The van der Waals surface area contributed by atoms with Crippen molar-refractivity contribution in [2.75, 3.05) is 0 Å². The Morgan fingerprint density at radius 2 is 2.22 bits per heavy atom. The van der Waals surface area contributed by atoms with Gasteiger partial charge in [-0.15, -0.1) is 11.3 Å². The van der Waals surface area contributed by atoms with Gasteiger partial charge in [0, 0.05) is 29.7 Å². The Kier molecular flexibility index (Phi) is 4.41. The molecule has 0 saturated carbocycles. The molecule has 0 aliphatic heterocycles. The van der Waals surface area contributed by atoms with E-state index in [0.29, 0.717) is 12.1 Å². The third-order valence-electron chi connectivity index (χ3n) is 2.58. The van der Waals surface area contributed by atoms with Gasteiger partial charge in [0.25, 0.3) is 0 Å². The second kappa shape index (κ2) is 6.04. The summed E-state index contributed by atoms with van der Waals surface area (Å²) in [5.74, 6) is -0.362. The lowest BCUT2D eigenvalue weighted by molar-refractivity contribution is 0.275. The van der Waals surface area contributed by atoms with Crippen LogP contribution in [0.25, 0.3) is 0 Å². The number of hydrogen-bond donors (Lipinski definition) is 2. The number of aromatic nitrogens is 1. The first-order valence-electron chi connectivity index (χ1n) is 5.69. The number of benzene rings is 1. The van der Waals surface area contributed by atoms with Gasteiger partial charge >= 0.3 is 0 Å². The van der Waals surface area contributed by atoms with Crippen molar-refractivity contribution in [1.82, 2.24) is 10.3 Å². The number of aliphatic hydroxyl groups excluding tert-OH is 1. The van der Waals surface area contributed by atoms with E-state index in [0.717, 1.165) is 17.1 Å². The molecule has 0 spiro atoms. The van der Waals surface area contributed by atoms with Crippen LogP contribution in [0.5, 0.6) is 0 Å². The average molecular weight is 266 g/mol. The van der Waals surface area contributed by atoms with Gasteiger partial charge in [0.2, 0.25) is 0 Å². The lowest BCUT2D eigenvalue weighted by Crippen LogP contribution is -2.12. The van der Waals surface area contributed by atoms with Crippen molar-refractivity contribution in [3.8, 4) is 0 Å². The Morgan fingerprint density at radius 1 is 1.39 bits per heavy atom. The van der Waals surface area contributed by atoms with Crippen LogP contribution in [0.3, 0.4) is 0 Å². The predicted molar refractivity (Wildman–Crippen MR) is 69.7 cm³/mol. The highest BCUT2D eigenvalue weighted by molar-refractivity contribution is 7.11. The molecule has 0 saturated heterocycles. The number of aryl methyl sites for hydroxylation is 1. The van der Waals surface area contributed by atoms with Crippen molar-refractivity contribution in [1.29, 1.82) is 0 Å². The van der Waals surface area contributed by atoms with Gasteiger partial charge < -0.3 is 10.4 Å². The van der Waals surface area contributed by atoms with Crippen molar-refractivity contribution in [3.63, 3.8) is 0 Å². The maximum atomic E-state index is 13.2. The fraction of sp³-hybridized carbons (Fsp3) is 0.308. The molecule has 1 aromatic carbocycles. The van der Waals surface area contributed by atoms with Crippen LogP contribution in [0, 0.1) is 12.7 Å². The standard InChI is InChI=1S/C13H15FN2OS/c1-9-16-7-12(18-9)6-15-5-10-2-3-13(14)11(4-10)8-17/h2-4,7,15,17H,5-6,8H2,1H3. The largest absolute Gasteiger partial charge is 0.392 e. The van der Waals surface area contributed by atoms with Crippen LogP contribution in [0.4, 0.5) is 4.39 Å². The molecule has 2 rings (SSSR count). The predicted octanol–water partition coefficient (Wildman–Crippen LogP) is 2.37. The minimum atomic E-state index is -0.362. The normalized spacial score (nSPS) is 10.8. The molecule has 0 fully saturated rings. The second-order valence-electron chi connectivity index (χ2n) is 4.03. The number of halogens is 1. The molecule has 1 heterocycles. The van der Waals surface area contributed by atoms with Crippen LogP contribution in [-0.4, -0.2) is 10.1 Å². The van der Waals surface area contributed by atoms with Gasteiger partial charge in [-0.1, -0.05) is 6.07 Å². The molecule has 0 aliphatic carbocycles. The van der Waals surface area contributed by atoms with E-state index in [1.54, 1.807) is 23.5 Å². The fourth-order valence-corrected chi connectivity index (χ4v) is 2.44. The molecule has 0 bridgehead atoms. The lowest BCUT2D eigenvalue weighted by Gasteiger charge is -2.06. The Morgan fingerprint density at radius 3 is 2.89 bits per heavy atom. The maximum Gasteiger partial charge on any atom is 0.128 e. The molecule has 1 aromatic heterocycles. The van der Waals surface area contributed by atoms with E-state index in [4.69, 9.17) is 5.11 Å². The Hall–Kier alpha value is -1.30. The highest BCUT2D eigenvalue weighted by Crippen LogP contribution is 2.13. The number of aliphatic hydroxyl groups is 1. The molecule has 0 unspecified atom stereocenters. The molecule has 3 nitrogen and oxygen atoms in total. The summed E-state index contributed by atoms with van der Waals surface area (Å²) < 4.78 is 13.2. The molecule has 5 heteroatoms. The van der Waals surface area contributed by atoms with Crippen molar-refractivity contribution in [3.05, 3.63) is 51.2 Å². The molecule has 0 atom stereocenters. The molecule has 0 radical (unpaired) electrons. The molecule has 2 aromatic rings. The zero-order valence-electron chi connectivity index (χ0n) is 10.1. The maximum absolute atomic E-state index is 13.2. The molecule has 18 heavy (non-hydrogen) atoms. The fourth-order valence-electron chi connectivity index (χ4n) is 1.68. The van der Waals surface area contributed by atoms with E-state index in [-0.39, 0.29) is 12.4 Å². The van der Waals surface area contributed by atoms with Crippen LogP contribution in [0.15, 0.2) is 24.4 Å². The average Bonchev–Trinajstić information content (AvgIpc) is 2.77. The molecule has 0 aliphatic rings. The molecular weight excluding hydrogens is 251 g/mol. The summed E-state index contributed by atoms with van der Waals surface area (Å²) in [6, 6.07) is 4.79. The summed E-state index contributed by atoms with van der Waals surface area (Å²) in [4.78, 5) is 5.35. The van der Waals surface area contributed by atoms with E-state index < -0.39 is 0 Å². The number of thiazole rings is 1. The first-order chi connectivity index (χ1) is 8.69. The molecular formula is C13H15FN2OS. The Balaban J connectivity index is 1.90. The number of hydrogen-bond acceptors (Lipinski definition) is 4. The summed E-state index contributed by atoms with van der Waals surface area (Å²) in [5, 5.41) is 13.3. The van der Waals surface area contributed by atoms with Gasteiger partial charge in [-0.25, -0.2) is 9.37 Å². The number of nitrogens with one attached hydrogen (secondary N) is 1. The van der Waals surface area contributed by atoms with E-state index in [1.807, 2.05) is 13.1 Å². The Labute approximate surface area is 109 Å². The van der Waals surface area contributed by atoms with Gasteiger partial charge in [0.15, 0.2) is 0 Å². The molecule has 2 N–H and O–H groups in total. The Bertz CT molecular complexity index is 527. The molecule has 96 valence electrons. The highest BCUT2D eigenvalue weighted by atomic mass is 32.1. The van der Waals surface area contributed by atoms with Crippen molar-refractivity contribution in [2.45, 2.75) is 26.6 Å². The zero-order valence-corrected chi connectivity index (χ0v) is 10.9. The van der Waals surface area contributed by atoms with Crippen LogP contribution in [0.1, 0.15) is 21.0 Å². The zero-order chi connectivity index (χ0) is 13.0. The van der Waals surface area contributed by atoms with Crippen LogP contribution >= 0.6 is 11.3 Å². The van der Waals surface area contributed by atoms with Gasteiger partial charge in [-0.2, -0.15) is 0 Å². The quantitative estimate of drug-likeness (QED) is 0.873. The summed E-state index contributed by atoms with van der Waals surface area (Å²) in [6.45, 7) is 3.09. The highest BCUT2D eigenvalue weighted by Gasteiger charge is 2.03. The van der Waals surface area contributed by atoms with Crippen LogP contribution in [0.2, 0.25) is 0 Å². The summed E-state index contributed by atoms with van der Waals surface area (Å²) in [6.07, 6.45) is 1.86. The monoisotopic (exact) mass is 266 g/mol. The van der Waals surface area contributed by atoms with E-state index >= 15 is 0 Å². The van der Waals surface area contributed by atoms with Gasteiger partial charge in [0.05, 0.1) is 11.6 Å². The van der Waals surface area contributed by atoms with E-state index in [9.17, 15) is 4.39 Å². The molecule has 0 amide bonds. The summed E-state index contributed by atoms with van der Waals surface area (Å²) in [7, 11) is 0. The van der Waals surface area contributed by atoms with Gasteiger partial charge in [-0.3, -0.25) is 0 Å². The SMILES string of the molecule is Cc1ncc(CNCc2ccc(F)c(CO)c2)s1. The third-order valence-corrected chi connectivity index (χ3v) is 3.49. The number of nitrogens with zero attached hydrogens (tertiary/aromatic N) is 1. The van der Waals surface area contributed by atoms with Crippen molar-refractivity contribution in [2.24, 2.45) is 0 Å².